The van der Waals surface area contributed by atoms with Crippen LogP contribution in [-0.4, -0.2) is 4.98 Å². The first-order chi connectivity index (χ1) is 6.59. The molecule has 4 heteroatoms. The zero-order valence-electron chi connectivity index (χ0n) is 7.31. The van der Waals surface area contributed by atoms with Crippen molar-refractivity contribution in [3.05, 3.63) is 38.4 Å². The maximum absolute atomic E-state index is 6.10. The summed E-state index contributed by atoms with van der Waals surface area (Å²) >= 11 is 15.3. The molecule has 0 spiro atoms. The Morgan fingerprint density at radius 1 is 1.29 bits per heavy atom. The lowest BCUT2D eigenvalue weighted by Crippen LogP contribution is -1.86. The Labute approximate surface area is 100 Å². The van der Waals surface area contributed by atoms with Crippen LogP contribution >= 0.6 is 39.1 Å². The molecule has 1 nitrogen and oxygen atoms in total. The fourth-order valence-electron chi connectivity index (χ4n) is 1.36. The molecule has 0 bridgehead atoms. The topological polar surface area (TPSA) is 12.9 Å². The number of aryl methyl sites for hydroxylation is 1. The molecule has 1 aromatic carbocycles. The quantitative estimate of drug-likeness (QED) is 0.646. The van der Waals surface area contributed by atoms with Crippen molar-refractivity contribution in [1.29, 1.82) is 0 Å². The predicted molar refractivity (Wildman–Crippen MR) is 64.2 cm³/mol. The number of hydrogen-bond donors (Lipinski definition) is 0. The number of aromatic nitrogens is 1. The normalized spacial score (nSPS) is 10.9. The van der Waals surface area contributed by atoms with Crippen molar-refractivity contribution in [1.82, 2.24) is 4.98 Å². The molecule has 72 valence electrons. The third-order valence-electron chi connectivity index (χ3n) is 2.05. The van der Waals surface area contributed by atoms with Crippen LogP contribution in [0.3, 0.4) is 0 Å². The summed E-state index contributed by atoms with van der Waals surface area (Å²) in [6.45, 7) is 1.99. The molecule has 0 radical (unpaired) electrons. The summed E-state index contributed by atoms with van der Waals surface area (Å²) in [5.41, 5.74) is 1.82. The van der Waals surface area contributed by atoms with Gasteiger partial charge in [-0.3, -0.25) is 0 Å². The molecule has 0 N–H and O–H groups in total. The Hall–Kier alpha value is -0.310. The predicted octanol–water partition coefficient (Wildman–Crippen LogP) is 4.61. The van der Waals surface area contributed by atoms with Gasteiger partial charge < -0.3 is 0 Å². The van der Waals surface area contributed by atoms with Crippen molar-refractivity contribution >= 4 is 50.0 Å². The highest BCUT2D eigenvalue weighted by molar-refractivity contribution is 9.10. The van der Waals surface area contributed by atoms with Gasteiger partial charge in [0.2, 0.25) is 0 Å². The SMILES string of the molecule is Cc1cc(Cl)nc2c(Cl)c(Br)ccc12. The molecular weight excluding hydrogens is 285 g/mol. The number of halogens is 3. The van der Waals surface area contributed by atoms with E-state index in [1.54, 1.807) is 0 Å². The fourth-order valence-corrected chi connectivity index (χ4v) is 2.14. The number of rotatable bonds is 0. The van der Waals surface area contributed by atoms with Crippen LogP contribution in [0, 0.1) is 6.92 Å². The molecular formula is C10H6BrCl2N. The van der Waals surface area contributed by atoms with Crippen molar-refractivity contribution in [2.24, 2.45) is 0 Å². The molecule has 2 aromatic rings. The van der Waals surface area contributed by atoms with Gasteiger partial charge >= 0.3 is 0 Å². The van der Waals surface area contributed by atoms with E-state index in [9.17, 15) is 0 Å². The second-order valence-electron chi connectivity index (χ2n) is 3.02. The van der Waals surface area contributed by atoms with Gasteiger partial charge in [-0.25, -0.2) is 4.98 Å². The Bertz CT molecular complexity index is 511. The van der Waals surface area contributed by atoms with Crippen LogP contribution in [0.2, 0.25) is 10.2 Å². The van der Waals surface area contributed by atoms with Crippen LogP contribution < -0.4 is 0 Å². The van der Waals surface area contributed by atoms with Gasteiger partial charge in [0.05, 0.1) is 10.5 Å². The van der Waals surface area contributed by atoms with Crippen LogP contribution in [0.1, 0.15) is 5.56 Å². The minimum Gasteiger partial charge on any atom is -0.234 e. The highest BCUT2D eigenvalue weighted by atomic mass is 79.9. The summed E-state index contributed by atoms with van der Waals surface area (Å²) in [6.07, 6.45) is 0. The van der Waals surface area contributed by atoms with Gasteiger partial charge in [0.25, 0.3) is 0 Å². The van der Waals surface area contributed by atoms with E-state index in [0.29, 0.717) is 10.2 Å². The lowest BCUT2D eigenvalue weighted by atomic mass is 10.1. The maximum Gasteiger partial charge on any atom is 0.130 e. The lowest BCUT2D eigenvalue weighted by molar-refractivity contribution is 1.36. The molecule has 0 aliphatic carbocycles. The summed E-state index contributed by atoms with van der Waals surface area (Å²) in [5, 5.41) is 2.10. The summed E-state index contributed by atoms with van der Waals surface area (Å²) < 4.78 is 0.834. The van der Waals surface area contributed by atoms with E-state index in [0.717, 1.165) is 20.9 Å². The van der Waals surface area contributed by atoms with Crippen molar-refractivity contribution in [2.45, 2.75) is 6.92 Å². The average Bonchev–Trinajstić information content (AvgIpc) is 2.12. The van der Waals surface area contributed by atoms with E-state index in [2.05, 4.69) is 20.9 Å². The minimum atomic E-state index is 0.468. The maximum atomic E-state index is 6.10. The summed E-state index contributed by atoms with van der Waals surface area (Å²) in [5.74, 6) is 0. The van der Waals surface area contributed by atoms with E-state index in [1.807, 2.05) is 25.1 Å². The molecule has 0 amide bonds. The zero-order chi connectivity index (χ0) is 10.3. The minimum absolute atomic E-state index is 0.468. The zero-order valence-corrected chi connectivity index (χ0v) is 10.4. The Morgan fingerprint density at radius 2 is 2.00 bits per heavy atom. The second-order valence-corrected chi connectivity index (χ2v) is 4.64. The first-order valence-corrected chi connectivity index (χ1v) is 5.55. The molecule has 0 saturated heterocycles. The molecule has 2 rings (SSSR count). The summed E-state index contributed by atoms with van der Waals surface area (Å²) in [7, 11) is 0. The number of benzene rings is 1. The van der Waals surface area contributed by atoms with Gasteiger partial charge in [-0.1, -0.05) is 29.3 Å². The van der Waals surface area contributed by atoms with E-state index in [-0.39, 0.29) is 0 Å². The molecule has 1 heterocycles. The van der Waals surface area contributed by atoms with Crippen LogP contribution in [0.5, 0.6) is 0 Å². The van der Waals surface area contributed by atoms with Crippen molar-refractivity contribution < 1.29 is 0 Å². The number of pyridine rings is 1. The monoisotopic (exact) mass is 289 g/mol. The average molecular weight is 291 g/mol. The van der Waals surface area contributed by atoms with Gasteiger partial charge in [-0.05, 0) is 40.5 Å². The van der Waals surface area contributed by atoms with Gasteiger partial charge in [-0.2, -0.15) is 0 Å². The van der Waals surface area contributed by atoms with Gasteiger partial charge in [0, 0.05) is 9.86 Å². The highest BCUT2D eigenvalue weighted by Gasteiger charge is 2.07. The van der Waals surface area contributed by atoms with Crippen molar-refractivity contribution in [2.75, 3.05) is 0 Å². The van der Waals surface area contributed by atoms with Crippen LogP contribution in [0.15, 0.2) is 22.7 Å². The molecule has 0 aliphatic rings. The number of fused-ring (bicyclic) bond motifs is 1. The Balaban J connectivity index is 2.95. The number of nitrogens with zero attached hydrogens (tertiary/aromatic N) is 1. The molecule has 0 atom stereocenters. The smallest absolute Gasteiger partial charge is 0.130 e. The molecule has 0 unspecified atom stereocenters. The van der Waals surface area contributed by atoms with Crippen molar-refractivity contribution in [3.63, 3.8) is 0 Å². The van der Waals surface area contributed by atoms with Gasteiger partial charge in [0.15, 0.2) is 0 Å². The molecule has 14 heavy (non-hydrogen) atoms. The van der Waals surface area contributed by atoms with E-state index >= 15 is 0 Å². The number of hydrogen-bond acceptors (Lipinski definition) is 1. The molecule has 0 fully saturated rings. The van der Waals surface area contributed by atoms with Crippen LogP contribution in [0.25, 0.3) is 10.9 Å². The van der Waals surface area contributed by atoms with Crippen LogP contribution in [0.4, 0.5) is 0 Å². The third-order valence-corrected chi connectivity index (χ3v) is 3.51. The van der Waals surface area contributed by atoms with E-state index in [4.69, 9.17) is 23.2 Å². The Kier molecular flexibility index (Phi) is 2.69. The molecule has 0 saturated carbocycles. The fraction of sp³-hybridized carbons (Fsp3) is 0.100. The molecule has 0 aliphatic heterocycles. The summed E-state index contributed by atoms with van der Waals surface area (Å²) in [6, 6.07) is 5.71. The van der Waals surface area contributed by atoms with Gasteiger partial charge in [-0.15, -0.1) is 0 Å². The Morgan fingerprint density at radius 3 is 2.71 bits per heavy atom. The van der Waals surface area contributed by atoms with Crippen molar-refractivity contribution in [3.8, 4) is 0 Å². The van der Waals surface area contributed by atoms with Gasteiger partial charge in [0.1, 0.15) is 5.15 Å². The first kappa shape index (κ1) is 10.2. The third kappa shape index (κ3) is 1.62. The van der Waals surface area contributed by atoms with Crippen LogP contribution in [-0.2, 0) is 0 Å². The molecule has 1 aromatic heterocycles. The van der Waals surface area contributed by atoms with E-state index < -0.39 is 0 Å². The summed E-state index contributed by atoms with van der Waals surface area (Å²) in [4.78, 5) is 4.20. The second kappa shape index (κ2) is 3.69. The standard InChI is InChI=1S/C10H6BrCl2N/c1-5-4-8(12)14-10-6(5)2-3-7(11)9(10)13/h2-4H,1H3. The highest BCUT2D eigenvalue weighted by Crippen LogP contribution is 2.32. The largest absolute Gasteiger partial charge is 0.234 e. The van der Waals surface area contributed by atoms with E-state index in [1.165, 1.54) is 0 Å². The lowest BCUT2D eigenvalue weighted by Gasteiger charge is -2.05. The first-order valence-electron chi connectivity index (χ1n) is 4.00.